The van der Waals surface area contributed by atoms with Gasteiger partial charge in [0, 0.05) is 37.4 Å². The van der Waals surface area contributed by atoms with E-state index in [1.54, 1.807) is 0 Å². The molecule has 0 saturated carbocycles. The van der Waals surface area contributed by atoms with Crippen molar-refractivity contribution >= 4 is 28.9 Å². The molecule has 0 aliphatic carbocycles. The van der Waals surface area contributed by atoms with Crippen molar-refractivity contribution in [1.29, 1.82) is 0 Å². The average Bonchev–Trinajstić information content (AvgIpc) is 2.71. The highest BCUT2D eigenvalue weighted by atomic mass is 32.1. The van der Waals surface area contributed by atoms with Crippen molar-refractivity contribution in [3.63, 3.8) is 0 Å². The van der Waals surface area contributed by atoms with Crippen LogP contribution in [0.2, 0.25) is 0 Å². The molecule has 1 saturated heterocycles. The van der Waals surface area contributed by atoms with Gasteiger partial charge >= 0.3 is 0 Å². The van der Waals surface area contributed by atoms with E-state index in [2.05, 4.69) is 39.5 Å². The Kier molecular flexibility index (Phi) is 6.79. The molecule has 1 aliphatic rings. The second-order valence-corrected chi connectivity index (χ2v) is 8.10. The molecule has 0 bridgehead atoms. The number of thiocarbonyl (C=S) groups is 1. The number of amides is 1. The Hall–Kier alpha value is -1.66. The van der Waals surface area contributed by atoms with Crippen LogP contribution in [0.3, 0.4) is 0 Å². The van der Waals surface area contributed by atoms with Crippen molar-refractivity contribution < 1.29 is 4.79 Å². The summed E-state index contributed by atoms with van der Waals surface area (Å²) in [6, 6.07) is 8.21. The minimum Gasteiger partial charge on any atom is -0.350 e. The van der Waals surface area contributed by atoms with E-state index in [9.17, 15) is 4.79 Å². The topological polar surface area (TPSA) is 47.6 Å². The van der Waals surface area contributed by atoms with Crippen molar-refractivity contribution in [3.8, 4) is 0 Å². The molecule has 25 heavy (non-hydrogen) atoms. The summed E-state index contributed by atoms with van der Waals surface area (Å²) in [6.07, 6.45) is 0.998. The third-order valence-corrected chi connectivity index (χ3v) is 4.39. The second kappa shape index (κ2) is 8.63. The van der Waals surface area contributed by atoms with Crippen LogP contribution < -0.4 is 10.6 Å². The van der Waals surface area contributed by atoms with E-state index < -0.39 is 0 Å². The first-order chi connectivity index (χ1) is 11.7. The van der Waals surface area contributed by atoms with Crippen LogP contribution >= 0.6 is 12.2 Å². The third-order valence-electron chi connectivity index (χ3n) is 4.03. The maximum absolute atomic E-state index is 12.1. The van der Waals surface area contributed by atoms with Gasteiger partial charge in [0.1, 0.15) is 0 Å². The van der Waals surface area contributed by atoms with Crippen LogP contribution in [0, 0.1) is 6.92 Å². The maximum atomic E-state index is 12.1. The quantitative estimate of drug-likeness (QED) is 0.810. The van der Waals surface area contributed by atoms with Crippen molar-refractivity contribution in [2.75, 3.05) is 38.0 Å². The van der Waals surface area contributed by atoms with Gasteiger partial charge in [-0.05, 0) is 64.0 Å². The van der Waals surface area contributed by atoms with E-state index in [1.807, 2.05) is 32.9 Å². The molecule has 1 aromatic carbocycles. The molecule has 1 fully saturated rings. The molecule has 1 heterocycles. The zero-order valence-corrected chi connectivity index (χ0v) is 16.6. The van der Waals surface area contributed by atoms with Crippen LogP contribution in [0.1, 0.15) is 32.8 Å². The fourth-order valence-electron chi connectivity index (χ4n) is 2.92. The van der Waals surface area contributed by atoms with E-state index in [1.165, 1.54) is 5.56 Å². The minimum absolute atomic E-state index is 0.0846. The Balaban J connectivity index is 1.84. The van der Waals surface area contributed by atoms with Gasteiger partial charge in [-0.15, -0.1) is 0 Å². The molecule has 1 aromatic rings. The Labute approximate surface area is 156 Å². The molecule has 0 radical (unpaired) electrons. The number of hydrogen-bond donors (Lipinski definition) is 2. The van der Waals surface area contributed by atoms with Crippen LogP contribution in [0.4, 0.5) is 5.69 Å². The molecular weight excluding hydrogens is 332 g/mol. The van der Waals surface area contributed by atoms with Gasteiger partial charge in [0.25, 0.3) is 0 Å². The van der Waals surface area contributed by atoms with Gasteiger partial charge in [-0.1, -0.05) is 12.1 Å². The summed E-state index contributed by atoms with van der Waals surface area (Å²) in [5.41, 5.74) is 2.05. The molecule has 1 amide bonds. The SMILES string of the molecule is Cc1cccc(NC(=S)N2CCCN(CC(=O)NC(C)(C)C)CC2)c1. The first kappa shape index (κ1) is 19.7. The molecule has 0 spiro atoms. The molecular formula is C19H30N4OS. The monoisotopic (exact) mass is 362 g/mol. The standard InChI is InChI=1S/C19H30N4OS/c1-15-7-5-8-16(13-15)20-18(25)23-10-6-9-22(11-12-23)14-17(24)21-19(2,3)4/h5,7-8,13H,6,9-12,14H2,1-4H3,(H,20,25)(H,21,24). The number of hydrogen-bond acceptors (Lipinski definition) is 3. The molecule has 0 aromatic heterocycles. The van der Waals surface area contributed by atoms with Crippen LogP contribution in [-0.2, 0) is 4.79 Å². The molecule has 138 valence electrons. The normalized spacial score (nSPS) is 16.2. The third kappa shape index (κ3) is 7.00. The van der Waals surface area contributed by atoms with E-state index >= 15 is 0 Å². The van der Waals surface area contributed by atoms with Crippen LogP contribution in [-0.4, -0.2) is 59.1 Å². The molecule has 6 heteroatoms. The van der Waals surface area contributed by atoms with Crippen LogP contribution in [0.5, 0.6) is 0 Å². The maximum Gasteiger partial charge on any atom is 0.234 e. The van der Waals surface area contributed by atoms with Gasteiger partial charge in [-0.2, -0.15) is 0 Å². The summed E-state index contributed by atoms with van der Waals surface area (Å²) in [4.78, 5) is 16.5. The zero-order valence-electron chi connectivity index (χ0n) is 15.8. The summed E-state index contributed by atoms with van der Waals surface area (Å²) in [7, 11) is 0. The van der Waals surface area contributed by atoms with Crippen LogP contribution in [0.25, 0.3) is 0 Å². The Morgan fingerprint density at radius 1 is 1.20 bits per heavy atom. The summed E-state index contributed by atoms with van der Waals surface area (Å²) in [5, 5.41) is 7.11. The number of nitrogens with zero attached hydrogens (tertiary/aromatic N) is 2. The van der Waals surface area contributed by atoms with Crippen molar-refractivity contribution in [2.45, 2.75) is 39.7 Å². The summed E-state index contributed by atoms with van der Waals surface area (Å²) in [5.74, 6) is 0.0846. The summed E-state index contributed by atoms with van der Waals surface area (Å²) >= 11 is 5.57. The molecule has 0 atom stereocenters. The van der Waals surface area contributed by atoms with E-state index in [4.69, 9.17) is 12.2 Å². The van der Waals surface area contributed by atoms with Gasteiger partial charge in [0.05, 0.1) is 6.54 Å². The molecule has 5 nitrogen and oxygen atoms in total. The first-order valence-electron chi connectivity index (χ1n) is 8.89. The lowest BCUT2D eigenvalue weighted by atomic mass is 10.1. The van der Waals surface area contributed by atoms with Gasteiger partial charge in [0.2, 0.25) is 5.91 Å². The predicted molar refractivity (Wildman–Crippen MR) is 108 cm³/mol. The van der Waals surface area contributed by atoms with Crippen LogP contribution in [0.15, 0.2) is 24.3 Å². The summed E-state index contributed by atoms with van der Waals surface area (Å²) in [6.45, 7) is 12.0. The number of rotatable bonds is 3. The smallest absolute Gasteiger partial charge is 0.234 e. The highest BCUT2D eigenvalue weighted by Crippen LogP contribution is 2.12. The molecule has 2 N–H and O–H groups in total. The molecule has 1 aliphatic heterocycles. The van der Waals surface area contributed by atoms with Crippen molar-refractivity contribution in [1.82, 2.24) is 15.1 Å². The Bertz CT molecular complexity index is 612. The lowest BCUT2D eigenvalue weighted by Gasteiger charge is -2.26. The largest absolute Gasteiger partial charge is 0.350 e. The number of anilines is 1. The number of aryl methyl sites for hydroxylation is 1. The Morgan fingerprint density at radius 3 is 2.64 bits per heavy atom. The number of nitrogens with one attached hydrogen (secondary N) is 2. The lowest BCUT2D eigenvalue weighted by Crippen LogP contribution is -2.46. The van der Waals surface area contributed by atoms with E-state index in [0.717, 1.165) is 43.4 Å². The fourth-order valence-corrected chi connectivity index (χ4v) is 3.22. The highest BCUT2D eigenvalue weighted by Gasteiger charge is 2.20. The average molecular weight is 363 g/mol. The minimum atomic E-state index is -0.186. The van der Waals surface area contributed by atoms with Crippen molar-refractivity contribution in [2.24, 2.45) is 0 Å². The van der Waals surface area contributed by atoms with E-state index in [-0.39, 0.29) is 11.4 Å². The Morgan fingerprint density at radius 2 is 1.96 bits per heavy atom. The van der Waals surface area contributed by atoms with Gasteiger partial charge in [0.15, 0.2) is 5.11 Å². The number of carbonyl (C=O) groups excluding carboxylic acids is 1. The molecule has 0 unspecified atom stereocenters. The van der Waals surface area contributed by atoms with Gasteiger partial charge in [-0.3, -0.25) is 9.69 Å². The number of carbonyl (C=O) groups is 1. The highest BCUT2D eigenvalue weighted by molar-refractivity contribution is 7.80. The zero-order chi connectivity index (χ0) is 18.4. The predicted octanol–water partition coefficient (Wildman–Crippen LogP) is 2.61. The van der Waals surface area contributed by atoms with E-state index in [0.29, 0.717) is 6.54 Å². The number of benzene rings is 1. The van der Waals surface area contributed by atoms with Gasteiger partial charge < -0.3 is 15.5 Å². The summed E-state index contributed by atoms with van der Waals surface area (Å²) < 4.78 is 0. The van der Waals surface area contributed by atoms with Crippen molar-refractivity contribution in [3.05, 3.63) is 29.8 Å². The lowest BCUT2D eigenvalue weighted by molar-refractivity contribution is -0.123. The second-order valence-electron chi connectivity index (χ2n) is 7.71. The fraction of sp³-hybridized carbons (Fsp3) is 0.579. The molecule has 2 rings (SSSR count). The first-order valence-corrected chi connectivity index (χ1v) is 9.30. The van der Waals surface area contributed by atoms with Gasteiger partial charge in [-0.25, -0.2) is 0 Å².